The molecule has 0 aliphatic rings. The van der Waals surface area contributed by atoms with Crippen molar-refractivity contribution < 1.29 is 99.2 Å². The maximum Gasteiger partial charge on any atom is 4.00 e. The minimum atomic E-state index is -1.61. The van der Waals surface area contributed by atoms with E-state index in [1.165, 1.54) is 0 Å². The molecule has 0 aromatic rings. The van der Waals surface area contributed by atoms with Gasteiger partial charge >= 0.3 is 21.7 Å². The summed E-state index contributed by atoms with van der Waals surface area (Å²) in [5.41, 5.74) is 0. The van der Waals surface area contributed by atoms with Gasteiger partial charge in [-0.2, -0.15) is 0 Å². The molecule has 0 saturated carbocycles. The van der Waals surface area contributed by atoms with Gasteiger partial charge in [0, 0.05) is 25.7 Å². The van der Waals surface area contributed by atoms with E-state index in [1.54, 1.807) is 138 Å². The van der Waals surface area contributed by atoms with Gasteiger partial charge < -0.3 is 77.5 Å². The Kier molecular flexibility index (Phi) is 35.3. The molecule has 0 amide bonds. The maximum absolute atomic E-state index is 11.0. The third kappa shape index (κ3) is 26.9. The molecule has 0 unspecified atom stereocenters. The molecule has 0 aliphatic carbocycles. The Morgan fingerprint density at radius 1 is 0.316 bits per heavy atom. The molecule has 0 spiro atoms. The predicted octanol–water partition coefficient (Wildman–Crippen LogP) is 2.77. The van der Waals surface area contributed by atoms with E-state index in [9.17, 15) is 39.6 Å². The number of ether oxygens (including phenoxy) is 8. The third-order valence-corrected chi connectivity index (χ3v) is 6.51. The van der Waals surface area contributed by atoms with Crippen molar-refractivity contribution in [2.75, 3.05) is 0 Å². The summed E-state index contributed by atoms with van der Waals surface area (Å²) in [6.45, 7) is 35.0. The monoisotopic (exact) mass is 860 g/mol. The average molecular weight is 861 g/mol. The van der Waals surface area contributed by atoms with Crippen LogP contribution in [0.15, 0.2) is 0 Å². The van der Waals surface area contributed by atoms with Crippen molar-refractivity contribution in [2.24, 2.45) is 0 Å². The van der Waals surface area contributed by atoms with Crippen LogP contribution in [0.2, 0.25) is 0 Å². The van der Waals surface area contributed by atoms with Crippen molar-refractivity contribution in [1.82, 2.24) is 0 Å². The van der Waals surface area contributed by atoms with E-state index < -0.39 is 47.0 Å². The number of aliphatic carboxylic acids is 4. The molecule has 0 radical (unpaired) electrons. The minimum absolute atomic E-state index is 0. The second-order valence-electron chi connectivity index (χ2n) is 14.9. The quantitative estimate of drug-likeness (QED) is 0.100. The van der Waals surface area contributed by atoms with Crippen molar-refractivity contribution in [3.05, 3.63) is 0 Å². The number of carbonyl (C=O) groups is 4. The van der Waals surface area contributed by atoms with Crippen LogP contribution in [0.25, 0.3) is 0 Å². The van der Waals surface area contributed by atoms with E-state index in [-0.39, 0.29) is 96.2 Å². The Labute approximate surface area is 358 Å². The molecule has 0 heterocycles. The van der Waals surface area contributed by atoms with E-state index in [2.05, 4.69) is 0 Å². The van der Waals surface area contributed by atoms with E-state index in [0.717, 1.165) is 0 Å². The summed E-state index contributed by atoms with van der Waals surface area (Å²) in [5.74, 6) is -11.7. The number of carboxylic acid groups (broad SMARTS) is 4. The van der Waals surface area contributed by atoms with Crippen molar-refractivity contribution in [3.8, 4) is 0 Å². The van der Waals surface area contributed by atoms with Gasteiger partial charge in [-0.25, -0.2) is 0 Å². The molecule has 17 heteroatoms. The first-order chi connectivity index (χ1) is 25.3. The van der Waals surface area contributed by atoms with Crippen LogP contribution in [0.3, 0.4) is 0 Å². The van der Waals surface area contributed by atoms with Gasteiger partial charge in [0.25, 0.3) is 0 Å². The molecule has 57 heavy (non-hydrogen) atoms. The van der Waals surface area contributed by atoms with Crippen molar-refractivity contribution in [1.29, 1.82) is 0 Å². The standard InChI is InChI=1S/4C10H20O4.Ti/c4*1-6-10(9(11)12,13-7(2)3)14-8(4)5;/h4*7-8H,6H2,1-5H3,(H,11,12);/q;;;;+4/p-4. The van der Waals surface area contributed by atoms with E-state index >= 15 is 0 Å². The Morgan fingerprint density at radius 3 is 0.439 bits per heavy atom. The fourth-order valence-electron chi connectivity index (χ4n) is 4.79. The smallest absolute Gasteiger partial charge is 0.544 e. The van der Waals surface area contributed by atoms with Gasteiger partial charge in [0.05, 0.1) is 48.8 Å². The van der Waals surface area contributed by atoms with Gasteiger partial charge in [-0.15, -0.1) is 0 Å². The number of hydrogen-bond donors (Lipinski definition) is 0. The molecule has 0 saturated heterocycles. The van der Waals surface area contributed by atoms with E-state index in [0.29, 0.717) is 0 Å². The summed E-state index contributed by atoms with van der Waals surface area (Å²) in [7, 11) is 0. The molecule has 0 fully saturated rings. The normalized spacial score (nSPS) is 12.3. The third-order valence-electron chi connectivity index (χ3n) is 6.51. The first-order valence-electron chi connectivity index (χ1n) is 19.6. The number of carboxylic acids is 4. The zero-order chi connectivity index (χ0) is 45.4. The zero-order valence-electron chi connectivity index (χ0n) is 38.5. The van der Waals surface area contributed by atoms with Gasteiger partial charge in [0.1, 0.15) is 23.9 Å². The number of rotatable bonds is 24. The summed E-state index contributed by atoms with van der Waals surface area (Å²) in [5, 5.41) is 43.8. The average Bonchev–Trinajstić information content (AvgIpc) is 3.01. The van der Waals surface area contributed by atoms with E-state index in [4.69, 9.17) is 37.9 Å². The minimum Gasteiger partial charge on any atom is -0.544 e. The van der Waals surface area contributed by atoms with Gasteiger partial charge in [-0.3, -0.25) is 0 Å². The first kappa shape index (κ1) is 64.4. The maximum atomic E-state index is 11.0. The predicted molar refractivity (Wildman–Crippen MR) is 202 cm³/mol. The van der Waals surface area contributed by atoms with Crippen LogP contribution in [-0.2, 0) is 78.8 Å². The van der Waals surface area contributed by atoms with Crippen LogP contribution >= 0.6 is 0 Å². The van der Waals surface area contributed by atoms with Crippen molar-refractivity contribution in [3.63, 3.8) is 0 Å². The fourth-order valence-corrected chi connectivity index (χ4v) is 4.79. The molecule has 0 aromatic carbocycles. The molecule has 0 rings (SSSR count). The molecule has 0 atom stereocenters. The Hall–Kier alpha value is -1.73. The number of carbonyl (C=O) groups excluding carboxylic acids is 4. The SMILES string of the molecule is CCC(OC(C)C)(OC(C)C)C(=O)[O-].CCC(OC(C)C)(OC(C)C)C(=O)[O-].CCC(OC(C)C)(OC(C)C)C(=O)[O-].CCC(OC(C)C)(OC(C)C)C(=O)[O-].[Ti+4]. The summed E-state index contributed by atoms with van der Waals surface area (Å²) in [6, 6.07) is 0. The van der Waals surface area contributed by atoms with Gasteiger partial charge in [0.15, 0.2) is 0 Å². The molecule has 0 bridgehead atoms. The molecular weight excluding hydrogens is 784 g/mol. The van der Waals surface area contributed by atoms with Crippen molar-refractivity contribution >= 4 is 23.9 Å². The summed E-state index contributed by atoms with van der Waals surface area (Å²) in [6.07, 6.45) is -0.817. The van der Waals surface area contributed by atoms with Gasteiger partial charge in [-0.1, -0.05) is 27.7 Å². The van der Waals surface area contributed by atoms with Crippen LogP contribution in [-0.4, -0.2) is 95.9 Å². The topological polar surface area (TPSA) is 234 Å². The largest absolute Gasteiger partial charge is 4.00 e. The molecule has 0 aliphatic heterocycles. The van der Waals surface area contributed by atoms with Gasteiger partial charge in [0.2, 0.25) is 23.1 Å². The Morgan fingerprint density at radius 2 is 0.404 bits per heavy atom. The zero-order valence-corrected chi connectivity index (χ0v) is 40.0. The second-order valence-corrected chi connectivity index (χ2v) is 14.9. The van der Waals surface area contributed by atoms with Crippen molar-refractivity contribution in [2.45, 2.75) is 236 Å². The summed E-state index contributed by atoms with van der Waals surface area (Å²) >= 11 is 0. The molecule has 0 aromatic heterocycles. The Bertz CT molecular complexity index is 882. The molecule has 0 N–H and O–H groups in total. The number of hydrogen-bond acceptors (Lipinski definition) is 16. The van der Waals surface area contributed by atoms with Crippen LogP contribution in [0.4, 0.5) is 0 Å². The second kappa shape index (κ2) is 31.2. The van der Waals surface area contributed by atoms with E-state index in [1.807, 2.05) is 0 Å². The van der Waals surface area contributed by atoms with Crippen LogP contribution in [0, 0.1) is 0 Å². The first-order valence-corrected chi connectivity index (χ1v) is 19.6. The van der Waals surface area contributed by atoms with Gasteiger partial charge in [-0.05, 0) is 111 Å². The molecule has 336 valence electrons. The summed E-state index contributed by atoms with van der Waals surface area (Å²) in [4.78, 5) is 43.8. The fraction of sp³-hybridized carbons (Fsp3) is 0.900. The molecular formula is C40H76O16Ti. The summed E-state index contributed by atoms with van der Waals surface area (Å²) < 4.78 is 42.2. The Balaban J connectivity index is -0.000000210. The molecule has 16 nitrogen and oxygen atoms in total. The van der Waals surface area contributed by atoms with Crippen LogP contribution in [0.5, 0.6) is 0 Å². The van der Waals surface area contributed by atoms with Crippen LogP contribution < -0.4 is 20.4 Å². The van der Waals surface area contributed by atoms with Crippen LogP contribution in [0.1, 0.15) is 164 Å².